The molecule has 0 bridgehead atoms. The van der Waals surface area contributed by atoms with Gasteiger partial charge in [0.15, 0.2) is 6.04 Å². The Morgan fingerprint density at radius 1 is 1.43 bits per heavy atom. The van der Waals surface area contributed by atoms with Crippen LogP contribution in [0.2, 0.25) is 4.34 Å². The van der Waals surface area contributed by atoms with Crippen molar-refractivity contribution in [1.82, 2.24) is 0 Å². The lowest BCUT2D eigenvalue weighted by Crippen LogP contribution is -2.22. The summed E-state index contributed by atoms with van der Waals surface area (Å²) in [6.45, 7) is 4.14. The van der Waals surface area contributed by atoms with Gasteiger partial charge in [0.25, 0.3) is 0 Å². The molecular weight excluding hydrogens is 374 g/mol. The molecule has 0 saturated heterocycles. The number of hydrogen-bond donors (Lipinski definition) is 1. The summed E-state index contributed by atoms with van der Waals surface area (Å²) in [5.41, 5.74) is 2.02. The molecule has 0 fully saturated rings. The minimum atomic E-state index is -0.568. The minimum Gasteiger partial charge on any atom is -0.464 e. The molecule has 1 atom stereocenters. The summed E-state index contributed by atoms with van der Waals surface area (Å²) >= 11 is 10.8. The first-order chi connectivity index (χ1) is 10.0. The van der Waals surface area contributed by atoms with Crippen LogP contribution in [0.15, 0.2) is 34.8 Å². The molecule has 0 radical (unpaired) electrons. The summed E-state index contributed by atoms with van der Waals surface area (Å²) in [6.07, 6.45) is 0. The molecule has 0 aliphatic rings. The van der Waals surface area contributed by atoms with Crippen molar-refractivity contribution in [2.24, 2.45) is 0 Å². The number of nitrogens with one attached hydrogen (secondary N) is 1. The van der Waals surface area contributed by atoms with Gasteiger partial charge in [-0.05, 0) is 48.0 Å². The summed E-state index contributed by atoms with van der Waals surface area (Å²) in [4.78, 5) is 13.0. The largest absolute Gasteiger partial charge is 0.464 e. The van der Waals surface area contributed by atoms with E-state index in [1.54, 1.807) is 6.92 Å². The first kappa shape index (κ1) is 16.3. The summed E-state index contributed by atoms with van der Waals surface area (Å²) < 4.78 is 6.55. The van der Waals surface area contributed by atoms with Crippen LogP contribution in [-0.2, 0) is 9.53 Å². The van der Waals surface area contributed by atoms with Crippen LogP contribution in [0.25, 0.3) is 0 Å². The number of esters is 1. The first-order valence-electron chi connectivity index (χ1n) is 6.45. The van der Waals surface area contributed by atoms with E-state index < -0.39 is 6.04 Å². The lowest BCUT2D eigenvalue weighted by molar-refractivity contribution is -0.144. The molecule has 1 N–H and O–H groups in total. The van der Waals surface area contributed by atoms with Crippen molar-refractivity contribution >= 4 is 50.5 Å². The summed E-state index contributed by atoms with van der Waals surface area (Å²) in [5.74, 6) is -0.316. The fourth-order valence-electron chi connectivity index (χ4n) is 1.79. The predicted octanol–water partition coefficient (Wildman–Crippen LogP) is 5.19. The van der Waals surface area contributed by atoms with Crippen LogP contribution in [0.5, 0.6) is 0 Å². The standard InChI is InChI=1S/C15H15BrClNO2S/c1-3-20-15(19)13(12-8-11(16)14(17)21-12)18-10-6-4-9(2)5-7-10/h4-8,13,18H,3H2,1-2H3. The Kier molecular flexibility index (Phi) is 5.67. The van der Waals surface area contributed by atoms with E-state index in [4.69, 9.17) is 16.3 Å². The second-order valence-electron chi connectivity index (χ2n) is 4.47. The second-order valence-corrected chi connectivity index (χ2v) is 7.01. The van der Waals surface area contributed by atoms with Crippen molar-refractivity contribution in [3.63, 3.8) is 0 Å². The maximum Gasteiger partial charge on any atom is 0.334 e. The van der Waals surface area contributed by atoms with Crippen LogP contribution in [0, 0.1) is 6.92 Å². The molecule has 0 aliphatic carbocycles. The molecule has 0 aliphatic heterocycles. The Bertz CT molecular complexity index is 608. The van der Waals surface area contributed by atoms with E-state index in [0.29, 0.717) is 10.9 Å². The average molecular weight is 389 g/mol. The molecule has 112 valence electrons. The summed E-state index contributed by atoms with van der Waals surface area (Å²) in [7, 11) is 0. The van der Waals surface area contributed by atoms with Gasteiger partial charge in [0.2, 0.25) is 0 Å². The maximum atomic E-state index is 12.2. The van der Waals surface area contributed by atoms with Crippen LogP contribution in [0.3, 0.4) is 0 Å². The highest BCUT2D eigenvalue weighted by molar-refractivity contribution is 9.10. The van der Waals surface area contributed by atoms with Crippen LogP contribution in [0.1, 0.15) is 23.4 Å². The van der Waals surface area contributed by atoms with Gasteiger partial charge in [0, 0.05) is 15.0 Å². The molecule has 0 spiro atoms. The van der Waals surface area contributed by atoms with Crippen molar-refractivity contribution in [2.45, 2.75) is 19.9 Å². The van der Waals surface area contributed by atoms with Crippen molar-refractivity contribution in [2.75, 3.05) is 11.9 Å². The first-order valence-corrected chi connectivity index (χ1v) is 8.44. The van der Waals surface area contributed by atoms with Gasteiger partial charge in [-0.3, -0.25) is 0 Å². The number of aryl methyl sites for hydroxylation is 1. The van der Waals surface area contributed by atoms with Crippen LogP contribution in [0.4, 0.5) is 5.69 Å². The molecule has 1 aromatic heterocycles. The van der Waals surface area contributed by atoms with E-state index in [0.717, 1.165) is 20.6 Å². The van der Waals surface area contributed by atoms with E-state index in [9.17, 15) is 4.79 Å². The molecule has 1 unspecified atom stereocenters. The number of halogens is 2. The zero-order chi connectivity index (χ0) is 15.4. The quantitative estimate of drug-likeness (QED) is 0.716. The van der Waals surface area contributed by atoms with Crippen LogP contribution < -0.4 is 5.32 Å². The fraction of sp³-hybridized carbons (Fsp3) is 0.267. The van der Waals surface area contributed by atoms with Crippen molar-refractivity contribution in [1.29, 1.82) is 0 Å². The molecule has 1 heterocycles. The summed E-state index contributed by atoms with van der Waals surface area (Å²) in [5, 5.41) is 3.20. The summed E-state index contributed by atoms with van der Waals surface area (Å²) in [6, 6.07) is 9.12. The number of benzene rings is 1. The number of rotatable bonds is 5. The Balaban J connectivity index is 2.27. The van der Waals surface area contributed by atoms with Crippen molar-refractivity contribution in [3.8, 4) is 0 Å². The molecule has 21 heavy (non-hydrogen) atoms. The topological polar surface area (TPSA) is 38.3 Å². The van der Waals surface area contributed by atoms with Gasteiger partial charge in [0.1, 0.15) is 4.34 Å². The number of carbonyl (C=O) groups excluding carboxylic acids is 1. The van der Waals surface area contributed by atoms with E-state index in [1.165, 1.54) is 11.3 Å². The predicted molar refractivity (Wildman–Crippen MR) is 91.2 cm³/mol. The van der Waals surface area contributed by atoms with Gasteiger partial charge in [-0.1, -0.05) is 29.3 Å². The van der Waals surface area contributed by atoms with Gasteiger partial charge >= 0.3 is 5.97 Å². The van der Waals surface area contributed by atoms with E-state index in [2.05, 4.69) is 21.2 Å². The average Bonchev–Trinajstić information content (AvgIpc) is 2.78. The monoisotopic (exact) mass is 387 g/mol. The molecule has 0 saturated carbocycles. The highest BCUT2D eigenvalue weighted by Gasteiger charge is 2.24. The van der Waals surface area contributed by atoms with Gasteiger partial charge in [-0.15, -0.1) is 11.3 Å². The van der Waals surface area contributed by atoms with Crippen molar-refractivity contribution in [3.05, 3.63) is 49.6 Å². The van der Waals surface area contributed by atoms with Gasteiger partial charge < -0.3 is 10.1 Å². The molecule has 2 aromatic rings. The lowest BCUT2D eigenvalue weighted by Gasteiger charge is -2.17. The number of anilines is 1. The van der Waals surface area contributed by atoms with Crippen molar-refractivity contribution < 1.29 is 9.53 Å². The maximum absolute atomic E-state index is 12.2. The molecule has 2 rings (SSSR count). The normalized spacial score (nSPS) is 12.0. The highest BCUT2D eigenvalue weighted by atomic mass is 79.9. The zero-order valence-electron chi connectivity index (χ0n) is 11.7. The number of thiophene rings is 1. The van der Waals surface area contributed by atoms with Gasteiger partial charge in [-0.2, -0.15) is 0 Å². The third-order valence-electron chi connectivity index (χ3n) is 2.83. The Hall–Kier alpha value is -1.04. The molecule has 3 nitrogen and oxygen atoms in total. The zero-order valence-corrected chi connectivity index (χ0v) is 14.8. The van der Waals surface area contributed by atoms with Crippen LogP contribution >= 0.6 is 38.9 Å². The SMILES string of the molecule is CCOC(=O)C(Nc1ccc(C)cc1)c1cc(Br)c(Cl)s1. The molecule has 1 aromatic carbocycles. The number of carbonyl (C=O) groups is 1. The Morgan fingerprint density at radius 3 is 2.62 bits per heavy atom. The number of ether oxygens (including phenoxy) is 1. The smallest absolute Gasteiger partial charge is 0.334 e. The van der Waals surface area contributed by atoms with E-state index in [-0.39, 0.29) is 5.97 Å². The molecule has 6 heteroatoms. The molecule has 0 amide bonds. The second kappa shape index (κ2) is 7.29. The third kappa shape index (κ3) is 4.22. The Labute approximate surface area is 141 Å². The molecular formula is C15H15BrClNO2S. The van der Waals surface area contributed by atoms with E-state index >= 15 is 0 Å². The highest BCUT2D eigenvalue weighted by Crippen LogP contribution is 2.36. The van der Waals surface area contributed by atoms with Gasteiger partial charge in [0.05, 0.1) is 6.61 Å². The fourth-order valence-corrected chi connectivity index (χ4v) is 3.57. The third-order valence-corrected chi connectivity index (χ3v) is 5.37. The van der Waals surface area contributed by atoms with Crippen LogP contribution in [-0.4, -0.2) is 12.6 Å². The van der Waals surface area contributed by atoms with Gasteiger partial charge in [-0.25, -0.2) is 4.79 Å². The Morgan fingerprint density at radius 2 is 2.10 bits per heavy atom. The van der Waals surface area contributed by atoms with E-state index in [1.807, 2.05) is 37.3 Å². The minimum absolute atomic E-state index is 0.316. The lowest BCUT2D eigenvalue weighted by atomic mass is 10.2. The number of hydrogen-bond acceptors (Lipinski definition) is 4.